The molecule has 0 atom stereocenters. The molecule has 0 radical (unpaired) electrons. The van der Waals surface area contributed by atoms with Crippen molar-refractivity contribution in [1.29, 1.82) is 0 Å². The van der Waals surface area contributed by atoms with Gasteiger partial charge in [0.1, 0.15) is 17.2 Å². The number of nitrogens with one attached hydrogen (secondary N) is 1. The number of allylic oxidation sites excluding steroid dienone is 1. The lowest BCUT2D eigenvalue weighted by Crippen LogP contribution is -2.26. The van der Waals surface area contributed by atoms with E-state index in [4.69, 9.17) is 0 Å². The zero-order valence-corrected chi connectivity index (χ0v) is 10.9. The molecule has 0 fully saturated rings. The Bertz CT molecular complexity index is 423. The molecule has 0 aliphatic rings. The van der Waals surface area contributed by atoms with Crippen LogP contribution < -0.4 is 5.32 Å². The van der Waals surface area contributed by atoms with Crippen LogP contribution in [-0.2, 0) is 0 Å². The molecule has 0 unspecified atom stereocenters. The third-order valence-electron chi connectivity index (χ3n) is 2.07. The summed E-state index contributed by atoms with van der Waals surface area (Å²) in [5, 5.41) is 2.45. The zero-order valence-electron chi connectivity index (χ0n) is 9.27. The van der Waals surface area contributed by atoms with E-state index in [1.54, 1.807) is 0 Å². The zero-order chi connectivity index (χ0) is 12.8. The molecule has 0 spiro atoms. The Kier molecular flexibility index (Phi) is 5.28. The van der Waals surface area contributed by atoms with Crippen LogP contribution in [0.2, 0.25) is 0 Å². The Morgan fingerprint density at radius 1 is 1.41 bits per heavy atom. The van der Waals surface area contributed by atoms with E-state index in [2.05, 4.69) is 21.2 Å². The van der Waals surface area contributed by atoms with E-state index in [-0.39, 0.29) is 4.47 Å². The predicted octanol–water partition coefficient (Wildman–Crippen LogP) is 3.42. The molecule has 5 heteroatoms. The van der Waals surface area contributed by atoms with Crippen LogP contribution in [-0.4, -0.2) is 12.5 Å². The minimum atomic E-state index is -0.875. The number of hydrogen-bond donors (Lipinski definition) is 1. The van der Waals surface area contributed by atoms with Crippen LogP contribution in [0.1, 0.15) is 23.7 Å². The summed E-state index contributed by atoms with van der Waals surface area (Å²) in [6, 6.07) is 2.12. The molecule has 92 valence electrons. The lowest BCUT2D eigenvalue weighted by atomic mass is 10.2. The highest BCUT2D eigenvalue weighted by atomic mass is 79.9. The Morgan fingerprint density at radius 3 is 2.53 bits per heavy atom. The van der Waals surface area contributed by atoms with Crippen LogP contribution in [0.4, 0.5) is 8.78 Å². The average Bonchev–Trinajstić information content (AvgIpc) is 2.23. The van der Waals surface area contributed by atoms with Crippen molar-refractivity contribution in [2.75, 3.05) is 6.54 Å². The van der Waals surface area contributed by atoms with Gasteiger partial charge in [-0.15, -0.1) is 0 Å². The molecular weight excluding hydrogens is 292 g/mol. The fourth-order valence-electron chi connectivity index (χ4n) is 1.28. The number of amides is 1. The molecule has 1 rings (SSSR count). The van der Waals surface area contributed by atoms with Gasteiger partial charge < -0.3 is 5.32 Å². The van der Waals surface area contributed by atoms with E-state index in [1.807, 2.05) is 19.1 Å². The molecule has 0 saturated carbocycles. The Balaban J connectivity index is 2.75. The molecule has 0 bridgehead atoms. The molecule has 1 amide bonds. The monoisotopic (exact) mass is 303 g/mol. The van der Waals surface area contributed by atoms with Crippen molar-refractivity contribution >= 4 is 21.8 Å². The first-order chi connectivity index (χ1) is 8.06. The maximum Gasteiger partial charge on any atom is 0.257 e. The first kappa shape index (κ1) is 13.8. The van der Waals surface area contributed by atoms with Gasteiger partial charge in [0.15, 0.2) is 0 Å². The maximum atomic E-state index is 13.4. The van der Waals surface area contributed by atoms with E-state index in [0.717, 1.165) is 12.1 Å². The molecule has 0 saturated heterocycles. The smallest absolute Gasteiger partial charge is 0.257 e. The number of benzene rings is 1. The Hall–Kier alpha value is -1.23. The van der Waals surface area contributed by atoms with Gasteiger partial charge in [0, 0.05) is 11.0 Å². The standard InChI is InChI=1S/C12H12BrF2NO/c1-2-3-4-5-16-12(17)11-9(14)6-8(13)7-10(11)15/h2-3,6-7H,4-5H2,1H3,(H,16,17)/b3-2+. The second kappa shape index (κ2) is 6.49. The fraction of sp³-hybridized carbons (Fsp3) is 0.250. The van der Waals surface area contributed by atoms with Crippen LogP contribution >= 0.6 is 15.9 Å². The quantitative estimate of drug-likeness (QED) is 0.670. The minimum Gasteiger partial charge on any atom is -0.352 e. The number of carbonyl (C=O) groups is 1. The SMILES string of the molecule is C/C=C/CCNC(=O)c1c(F)cc(Br)cc1F. The molecule has 0 heterocycles. The summed E-state index contributed by atoms with van der Waals surface area (Å²) in [4.78, 5) is 11.5. The average molecular weight is 304 g/mol. The third kappa shape index (κ3) is 3.93. The van der Waals surface area contributed by atoms with Crippen LogP contribution in [0.3, 0.4) is 0 Å². The van der Waals surface area contributed by atoms with Crippen molar-refractivity contribution in [3.63, 3.8) is 0 Å². The summed E-state index contributed by atoms with van der Waals surface area (Å²) in [6.45, 7) is 2.20. The predicted molar refractivity (Wildman–Crippen MR) is 65.8 cm³/mol. The summed E-state index contributed by atoms with van der Waals surface area (Å²) in [6.07, 6.45) is 4.32. The van der Waals surface area contributed by atoms with Crippen molar-refractivity contribution in [2.45, 2.75) is 13.3 Å². The van der Waals surface area contributed by atoms with Crippen LogP contribution in [0.25, 0.3) is 0 Å². The number of halogens is 3. The lowest BCUT2D eigenvalue weighted by Gasteiger charge is -2.06. The molecule has 1 aromatic rings. The largest absolute Gasteiger partial charge is 0.352 e. The second-order valence-corrected chi connectivity index (χ2v) is 4.27. The highest BCUT2D eigenvalue weighted by molar-refractivity contribution is 9.10. The third-order valence-corrected chi connectivity index (χ3v) is 2.52. The fourth-order valence-corrected chi connectivity index (χ4v) is 1.69. The van der Waals surface area contributed by atoms with Crippen molar-refractivity contribution in [3.05, 3.63) is 46.0 Å². The van der Waals surface area contributed by atoms with Crippen molar-refractivity contribution in [2.24, 2.45) is 0 Å². The molecule has 0 aromatic heterocycles. The van der Waals surface area contributed by atoms with E-state index in [0.29, 0.717) is 13.0 Å². The van der Waals surface area contributed by atoms with Crippen molar-refractivity contribution in [3.8, 4) is 0 Å². The van der Waals surface area contributed by atoms with Gasteiger partial charge in [0.05, 0.1) is 0 Å². The summed E-state index contributed by atoms with van der Waals surface area (Å²) < 4.78 is 27.0. The first-order valence-electron chi connectivity index (χ1n) is 5.10. The normalized spacial score (nSPS) is 10.8. The summed E-state index contributed by atoms with van der Waals surface area (Å²) in [5.74, 6) is -2.49. The van der Waals surface area contributed by atoms with Crippen LogP contribution in [0.5, 0.6) is 0 Å². The molecule has 17 heavy (non-hydrogen) atoms. The van der Waals surface area contributed by atoms with Gasteiger partial charge in [-0.05, 0) is 25.5 Å². The highest BCUT2D eigenvalue weighted by Gasteiger charge is 2.17. The maximum absolute atomic E-state index is 13.4. The number of carbonyl (C=O) groups excluding carboxylic acids is 1. The van der Waals surface area contributed by atoms with Gasteiger partial charge in [-0.2, -0.15) is 0 Å². The van der Waals surface area contributed by atoms with Gasteiger partial charge in [0.25, 0.3) is 5.91 Å². The molecular formula is C12H12BrF2NO. The van der Waals surface area contributed by atoms with Gasteiger partial charge in [-0.25, -0.2) is 8.78 Å². The molecule has 0 aliphatic heterocycles. The topological polar surface area (TPSA) is 29.1 Å². The first-order valence-corrected chi connectivity index (χ1v) is 5.89. The summed E-state index contributed by atoms with van der Waals surface area (Å²) in [5.41, 5.74) is -0.548. The lowest BCUT2D eigenvalue weighted by molar-refractivity contribution is 0.0946. The van der Waals surface area contributed by atoms with Crippen LogP contribution in [0, 0.1) is 11.6 Å². The van der Waals surface area contributed by atoms with E-state index >= 15 is 0 Å². The van der Waals surface area contributed by atoms with Gasteiger partial charge in [-0.1, -0.05) is 28.1 Å². The van der Waals surface area contributed by atoms with E-state index in [1.165, 1.54) is 0 Å². The van der Waals surface area contributed by atoms with Crippen molar-refractivity contribution < 1.29 is 13.6 Å². The van der Waals surface area contributed by atoms with Gasteiger partial charge >= 0.3 is 0 Å². The van der Waals surface area contributed by atoms with Gasteiger partial charge in [-0.3, -0.25) is 4.79 Å². The molecule has 0 aliphatic carbocycles. The van der Waals surface area contributed by atoms with Crippen LogP contribution in [0.15, 0.2) is 28.8 Å². The highest BCUT2D eigenvalue weighted by Crippen LogP contribution is 2.19. The second-order valence-electron chi connectivity index (χ2n) is 3.36. The summed E-state index contributed by atoms with van der Waals surface area (Å²) in [7, 11) is 0. The number of hydrogen-bond acceptors (Lipinski definition) is 1. The Morgan fingerprint density at radius 2 is 2.00 bits per heavy atom. The van der Waals surface area contributed by atoms with Crippen molar-refractivity contribution in [1.82, 2.24) is 5.32 Å². The van der Waals surface area contributed by atoms with Gasteiger partial charge in [0.2, 0.25) is 0 Å². The van der Waals surface area contributed by atoms with E-state index < -0.39 is 23.1 Å². The Labute approximate surface area is 107 Å². The molecule has 1 aromatic carbocycles. The van der Waals surface area contributed by atoms with E-state index in [9.17, 15) is 13.6 Å². The number of rotatable bonds is 4. The minimum absolute atomic E-state index is 0.262. The molecule has 2 nitrogen and oxygen atoms in total. The summed E-state index contributed by atoms with van der Waals surface area (Å²) >= 11 is 2.95. The molecule has 1 N–H and O–H groups in total.